The zero-order valence-corrected chi connectivity index (χ0v) is 12.6. The Hall–Kier alpha value is -2.16. The van der Waals surface area contributed by atoms with E-state index in [1.807, 2.05) is 19.1 Å². The summed E-state index contributed by atoms with van der Waals surface area (Å²) in [6, 6.07) is 10.5. The molecule has 0 spiro atoms. The zero-order valence-electron chi connectivity index (χ0n) is 12.6. The second-order valence-electron chi connectivity index (χ2n) is 5.00. The lowest BCUT2D eigenvalue weighted by molar-refractivity contribution is 0.101. The summed E-state index contributed by atoms with van der Waals surface area (Å²) < 4.78 is 20.0. The second-order valence-corrected chi connectivity index (χ2v) is 5.00. The van der Waals surface area contributed by atoms with Crippen molar-refractivity contribution in [3.8, 4) is 16.9 Å². The number of ether oxygens (including phenoxy) is 1. The predicted molar refractivity (Wildman–Crippen MR) is 82.4 cm³/mol. The number of benzene rings is 2. The van der Waals surface area contributed by atoms with Gasteiger partial charge < -0.3 is 4.74 Å². The first kappa shape index (κ1) is 15.2. The van der Waals surface area contributed by atoms with Gasteiger partial charge in [0, 0.05) is 16.7 Å². The van der Waals surface area contributed by atoms with Crippen molar-refractivity contribution >= 4 is 5.78 Å². The minimum absolute atomic E-state index is 0.0662. The van der Waals surface area contributed by atoms with E-state index < -0.39 is 0 Å². The van der Waals surface area contributed by atoms with Gasteiger partial charge in [0.05, 0.1) is 7.11 Å². The molecule has 0 saturated heterocycles. The van der Waals surface area contributed by atoms with Gasteiger partial charge in [-0.15, -0.1) is 0 Å². The summed E-state index contributed by atoms with van der Waals surface area (Å²) >= 11 is 0. The highest BCUT2D eigenvalue weighted by atomic mass is 19.1. The second kappa shape index (κ2) is 6.53. The molecule has 0 radical (unpaired) electrons. The van der Waals surface area contributed by atoms with Crippen molar-refractivity contribution in [1.82, 2.24) is 0 Å². The number of halogens is 1. The van der Waals surface area contributed by atoms with Crippen LogP contribution in [0.5, 0.6) is 5.75 Å². The molecular formula is C18H19FO2. The third-order valence-corrected chi connectivity index (χ3v) is 3.47. The van der Waals surface area contributed by atoms with Gasteiger partial charge in [-0.1, -0.05) is 31.5 Å². The Morgan fingerprint density at radius 2 is 1.90 bits per heavy atom. The fourth-order valence-corrected chi connectivity index (χ4v) is 2.40. The van der Waals surface area contributed by atoms with Crippen LogP contribution in [0.3, 0.4) is 0 Å². The number of rotatable bonds is 5. The van der Waals surface area contributed by atoms with Crippen molar-refractivity contribution in [3.05, 3.63) is 53.3 Å². The van der Waals surface area contributed by atoms with Crippen molar-refractivity contribution in [1.29, 1.82) is 0 Å². The molecule has 0 heterocycles. The Bertz CT molecular complexity index is 662. The summed E-state index contributed by atoms with van der Waals surface area (Å²) in [4.78, 5) is 11.7. The number of methoxy groups -OCH3 is 1. The highest BCUT2D eigenvalue weighted by Gasteiger charge is 2.16. The first-order chi connectivity index (χ1) is 10.1. The van der Waals surface area contributed by atoms with Crippen LogP contribution in [0.25, 0.3) is 11.1 Å². The zero-order chi connectivity index (χ0) is 15.4. The van der Waals surface area contributed by atoms with Crippen molar-refractivity contribution in [2.24, 2.45) is 0 Å². The monoisotopic (exact) mass is 286 g/mol. The van der Waals surface area contributed by atoms with Crippen molar-refractivity contribution in [2.45, 2.75) is 26.7 Å². The topological polar surface area (TPSA) is 26.3 Å². The molecule has 0 unspecified atom stereocenters. The van der Waals surface area contributed by atoms with Crippen molar-refractivity contribution < 1.29 is 13.9 Å². The molecule has 0 aromatic heterocycles. The minimum Gasteiger partial charge on any atom is -0.496 e. The Morgan fingerprint density at radius 3 is 2.52 bits per heavy atom. The normalized spacial score (nSPS) is 10.5. The lowest BCUT2D eigenvalue weighted by Crippen LogP contribution is -2.01. The van der Waals surface area contributed by atoms with E-state index in [4.69, 9.17) is 4.74 Å². The lowest BCUT2D eigenvalue weighted by Gasteiger charge is -2.13. The Labute approximate surface area is 124 Å². The number of hydrogen-bond acceptors (Lipinski definition) is 2. The molecule has 110 valence electrons. The molecule has 0 fully saturated rings. The van der Waals surface area contributed by atoms with Crippen LogP contribution in [0, 0.1) is 5.82 Å². The van der Waals surface area contributed by atoms with E-state index >= 15 is 0 Å². The van der Waals surface area contributed by atoms with Gasteiger partial charge in [0.15, 0.2) is 5.78 Å². The molecule has 0 N–H and O–H groups in total. The molecule has 2 aromatic carbocycles. The van der Waals surface area contributed by atoms with Gasteiger partial charge in [-0.25, -0.2) is 4.39 Å². The van der Waals surface area contributed by atoms with E-state index in [0.717, 1.165) is 6.42 Å². The highest BCUT2D eigenvalue weighted by molar-refractivity contribution is 5.96. The average Bonchev–Trinajstić information content (AvgIpc) is 2.49. The van der Waals surface area contributed by atoms with Crippen LogP contribution >= 0.6 is 0 Å². The van der Waals surface area contributed by atoms with Gasteiger partial charge >= 0.3 is 0 Å². The number of ketones is 1. The smallest absolute Gasteiger partial charge is 0.159 e. The largest absolute Gasteiger partial charge is 0.496 e. The molecule has 0 amide bonds. The summed E-state index contributed by atoms with van der Waals surface area (Å²) in [5, 5.41) is 0. The Balaban J connectivity index is 2.69. The number of carbonyl (C=O) groups excluding carboxylic acids is 1. The van der Waals surface area contributed by atoms with E-state index in [1.54, 1.807) is 31.4 Å². The number of carbonyl (C=O) groups is 1. The van der Waals surface area contributed by atoms with Crippen LogP contribution in [-0.2, 0) is 6.42 Å². The number of para-hydroxylation sites is 1. The average molecular weight is 286 g/mol. The summed E-state index contributed by atoms with van der Waals surface area (Å²) in [6.45, 7) is 3.48. The maximum atomic E-state index is 14.7. The van der Waals surface area contributed by atoms with Gasteiger partial charge in [0.2, 0.25) is 0 Å². The third-order valence-electron chi connectivity index (χ3n) is 3.47. The molecule has 0 atom stereocenters. The molecule has 0 bridgehead atoms. The van der Waals surface area contributed by atoms with E-state index in [1.165, 1.54) is 6.92 Å². The van der Waals surface area contributed by atoms with Crippen LogP contribution in [0.15, 0.2) is 36.4 Å². The molecule has 0 aliphatic carbocycles. The van der Waals surface area contributed by atoms with Crippen molar-refractivity contribution in [3.63, 3.8) is 0 Å². The summed E-state index contributed by atoms with van der Waals surface area (Å²) in [7, 11) is 1.55. The van der Waals surface area contributed by atoms with Crippen LogP contribution in [-0.4, -0.2) is 12.9 Å². The summed E-state index contributed by atoms with van der Waals surface area (Å²) in [6.07, 6.45) is 1.43. The fraction of sp³-hybridized carbons (Fsp3) is 0.278. The maximum Gasteiger partial charge on any atom is 0.159 e. The van der Waals surface area contributed by atoms with Crippen LogP contribution in [0.4, 0.5) is 4.39 Å². The van der Waals surface area contributed by atoms with Crippen LogP contribution in [0.2, 0.25) is 0 Å². The molecule has 21 heavy (non-hydrogen) atoms. The summed E-state index contributed by atoms with van der Waals surface area (Å²) in [5.41, 5.74) is 2.19. The minimum atomic E-state index is -0.272. The summed E-state index contributed by atoms with van der Waals surface area (Å²) in [5.74, 6) is 0.259. The highest BCUT2D eigenvalue weighted by Crippen LogP contribution is 2.34. The molecular weight excluding hydrogens is 267 g/mol. The van der Waals surface area contributed by atoms with Gasteiger partial charge in [0.1, 0.15) is 11.6 Å². The quantitative estimate of drug-likeness (QED) is 0.747. The van der Waals surface area contributed by atoms with Gasteiger partial charge in [0.25, 0.3) is 0 Å². The van der Waals surface area contributed by atoms with E-state index in [0.29, 0.717) is 34.4 Å². The number of Topliss-reactive ketones (excluding diaryl/α,β-unsaturated/α-hetero) is 1. The Morgan fingerprint density at radius 1 is 1.19 bits per heavy atom. The maximum absolute atomic E-state index is 14.7. The molecule has 2 nitrogen and oxygen atoms in total. The van der Waals surface area contributed by atoms with Crippen LogP contribution < -0.4 is 4.74 Å². The SMILES string of the molecule is CCCc1cc(C(C)=O)cc(-c2ccccc2OC)c1F. The molecule has 2 aromatic rings. The fourth-order valence-electron chi connectivity index (χ4n) is 2.40. The predicted octanol–water partition coefficient (Wildman–Crippen LogP) is 4.66. The molecule has 3 heteroatoms. The standard InChI is InChI=1S/C18H19FO2/c1-4-7-13-10-14(12(2)20)11-16(18(13)19)15-8-5-6-9-17(15)21-3/h5-6,8-11H,4,7H2,1-3H3. The molecule has 0 saturated carbocycles. The van der Waals surface area contributed by atoms with E-state index in [9.17, 15) is 9.18 Å². The molecule has 2 rings (SSSR count). The first-order valence-corrected chi connectivity index (χ1v) is 7.05. The number of hydrogen-bond donors (Lipinski definition) is 0. The van der Waals surface area contributed by atoms with Crippen molar-refractivity contribution in [2.75, 3.05) is 7.11 Å². The lowest BCUT2D eigenvalue weighted by atomic mass is 9.95. The molecule has 0 aliphatic heterocycles. The molecule has 0 aliphatic rings. The Kier molecular flexibility index (Phi) is 4.73. The number of aryl methyl sites for hydroxylation is 1. The van der Waals surface area contributed by atoms with Gasteiger partial charge in [-0.05, 0) is 37.1 Å². The van der Waals surface area contributed by atoms with E-state index in [-0.39, 0.29) is 11.6 Å². The van der Waals surface area contributed by atoms with Gasteiger partial charge in [-0.2, -0.15) is 0 Å². The van der Waals surface area contributed by atoms with Gasteiger partial charge in [-0.3, -0.25) is 4.79 Å². The first-order valence-electron chi connectivity index (χ1n) is 7.05. The van der Waals surface area contributed by atoms with Crippen LogP contribution in [0.1, 0.15) is 36.2 Å². The third kappa shape index (κ3) is 3.13. The van der Waals surface area contributed by atoms with E-state index in [2.05, 4.69) is 0 Å².